The lowest BCUT2D eigenvalue weighted by Gasteiger charge is -2.08. The smallest absolute Gasteiger partial charge is 0.305 e. The zero-order valence-electron chi connectivity index (χ0n) is 19.1. The van der Waals surface area contributed by atoms with Gasteiger partial charge in [-0.2, -0.15) is 0 Å². The maximum absolute atomic E-state index is 11.4. The first kappa shape index (κ1) is 28.1. The first-order valence-electron chi connectivity index (χ1n) is 12.3. The fourth-order valence-corrected chi connectivity index (χ4v) is 3.36. The van der Waals surface area contributed by atoms with Crippen molar-refractivity contribution in [3.8, 4) is 0 Å². The van der Waals surface area contributed by atoms with Crippen LogP contribution in [0.5, 0.6) is 0 Å². The third-order valence-electron chi connectivity index (χ3n) is 5.29. The van der Waals surface area contributed by atoms with Crippen LogP contribution in [0, 0.1) is 0 Å². The zero-order chi connectivity index (χ0) is 21.4. The lowest BCUT2D eigenvalue weighted by Crippen LogP contribution is -2.21. The number of hydrogen-bond acceptors (Lipinski definition) is 4. The minimum atomic E-state index is -0.958. The van der Waals surface area contributed by atoms with Gasteiger partial charge in [0.1, 0.15) is 12.7 Å². The fraction of sp³-hybridized carbons (Fsp3) is 0.880. The molecule has 0 aliphatic carbocycles. The summed E-state index contributed by atoms with van der Waals surface area (Å²) in [5.74, 6) is -0.279. The number of carbonyl (C=O) groups excluding carboxylic acids is 1. The Bertz CT molecular complexity index is 368. The number of allylic oxidation sites excluding steroid dienone is 2. The average Bonchev–Trinajstić information content (AvgIpc) is 2.73. The molecule has 1 unspecified atom stereocenters. The zero-order valence-corrected chi connectivity index (χ0v) is 19.1. The highest BCUT2D eigenvalue weighted by Gasteiger charge is 2.07. The SMILES string of the molecule is CCCCCCCCC=CCCCCCCCCCCCC(=O)OCC(O)CO. The summed E-state index contributed by atoms with van der Waals surface area (Å²) in [5, 5.41) is 17.8. The lowest BCUT2D eigenvalue weighted by molar-refractivity contribution is -0.147. The third-order valence-corrected chi connectivity index (χ3v) is 5.29. The predicted octanol–water partition coefficient (Wildman–Crippen LogP) is 6.48. The molecule has 0 aliphatic heterocycles. The Hall–Kier alpha value is -0.870. The minimum absolute atomic E-state index is 0.107. The molecule has 0 fully saturated rings. The first-order valence-corrected chi connectivity index (χ1v) is 12.3. The third kappa shape index (κ3) is 23.3. The van der Waals surface area contributed by atoms with Gasteiger partial charge in [-0.05, 0) is 32.1 Å². The van der Waals surface area contributed by atoms with E-state index in [-0.39, 0.29) is 19.2 Å². The largest absolute Gasteiger partial charge is 0.463 e. The van der Waals surface area contributed by atoms with E-state index < -0.39 is 6.10 Å². The fourth-order valence-electron chi connectivity index (χ4n) is 3.36. The summed E-state index contributed by atoms with van der Waals surface area (Å²) < 4.78 is 4.88. The second kappa shape index (κ2) is 23.4. The Morgan fingerprint density at radius 2 is 1.21 bits per heavy atom. The molecule has 1 atom stereocenters. The van der Waals surface area contributed by atoms with Gasteiger partial charge in [0.05, 0.1) is 6.61 Å². The molecule has 172 valence electrons. The molecule has 0 radical (unpaired) electrons. The summed E-state index contributed by atoms with van der Waals surface area (Å²) in [6.45, 7) is 1.79. The Kier molecular flexibility index (Phi) is 22.7. The molecular weight excluding hydrogens is 364 g/mol. The maximum Gasteiger partial charge on any atom is 0.305 e. The van der Waals surface area contributed by atoms with Crippen molar-refractivity contribution in [2.75, 3.05) is 13.2 Å². The molecule has 0 spiro atoms. The molecule has 29 heavy (non-hydrogen) atoms. The molecule has 0 aliphatic rings. The van der Waals surface area contributed by atoms with Crippen molar-refractivity contribution in [1.82, 2.24) is 0 Å². The molecule has 0 heterocycles. The van der Waals surface area contributed by atoms with E-state index in [0.717, 1.165) is 12.8 Å². The van der Waals surface area contributed by atoms with Crippen LogP contribution in [0.25, 0.3) is 0 Å². The van der Waals surface area contributed by atoms with Crippen LogP contribution < -0.4 is 0 Å². The quantitative estimate of drug-likeness (QED) is 0.121. The number of ether oxygens (including phenoxy) is 1. The van der Waals surface area contributed by atoms with Gasteiger partial charge in [-0.1, -0.05) is 96.1 Å². The lowest BCUT2D eigenvalue weighted by atomic mass is 10.1. The summed E-state index contributed by atoms with van der Waals surface area (Å²) >= 11 is 0. The van der Waals surface area contributed by atoms with E-state index >= 15 is 0 Å². The van der Waals surface area contributed by atoms with Gasteiger partial charge in [0.2, 0.25) is 0 Å². The normalized spacial score (nSPS) is 12.5. The van der Waals surface area contributed by atoms with E-state index in [1.807, 2.05) is 0 Å². The molecule has 0 amide bonds. The number of carbonyl (C=O) groups is 1. The summed E-state index contributed by atoms with van der Waals surface area (Å²) in [4.78, 5) is 11.4. The molecule has 4 heteroatoms. The highest BCUT2D eigenvalue weighted by atomic mass is 16.5. The molecule has 2 N–H and O–H groups in total. The predicted molar refractivity (Wildman–Crippen MR) is 122 cm³/mol. The molecule has 0 saturated carbocycles. The molecular formula is C25H48O4. The summed E-state index contributed by atoms with van der Waals surface area (Å²) in [6.07, 6.45) is 25.9. The Morgan fingerprint density at radius 1 is 0.759 bits per heavy atom. The molecule has 0 rings (SSSR count). The standard InChI is InChI=1S/C25H48O4/c1-2-3-4-5-6-7-8-9-10-11-12-13-14-15-16-17-18-19-20-21-25(28)29-23-24(27)22-26/h9-10,24,26-27H,2-8,11-23H2,1H3. The molecule has 0 aromatic rings. The Balaban J connectivity index is 3.18. The van der Waals surface area contributed by atoms with Crippen LogP contribution in [0.15, 0.2) is 12.2 Å². The van der Waals surface area contributed by atoms with Crippen molar-refractivity contribution in [1.29, 1.82) is 0 Å². The van der Waals surface area contributed by atoms with Crippen LogP contribution in [0.3, 0.4) is 0 Å². The van der Waals surface area contributed by atoms with E-state index in [1.165, 1.54) is 96.3 Å². The second-order valence-corrected chi connectivity index (χ2v) is 8.27. The van der Waals surface area contributed by atoms with Crippen LogP contribution in [-0.4, -0.2) is 35.5 Å². The first-order chi connectivity index (χ1) is 14.2. The minimum Gasteiger partial charge on any atom is -0.463 e. The van der Waals surface area contributed by atoms with Crippen LogP contribution in [0.1, 0.15) is 122 Å². The molecule has 0 saturated heterocycles. The van der Waals surface area contributed by atoms with Gasteiger partial charge in [-0.3, -0.25) is 4.79 Å². The number of aliphatic hydroxyl groups excluding tert-OH is 2. The van der Waals surface area contributed by atoms with Gasteiger partial charge in [0, 0.05) is 6.42 Å². The van der Waals surface area contributed by atoms with Gasteiger partial charge < -0.3 is 14.9 Å². The van der Waals surface area contributed by atoms with Crippen LogP contribution in [-0.2, 0) is 9.53 Å². The van der Waals surface area contributed by atoms with E-state index in [0.29, 0.717) is 6.42 Å². The topological polar surface area (TPSA) is 66.8 Å². The van der Waals surface area contributed by atoms with Gasteiger partial charge in [-0.15, -0.1) is 0 Å². The van der Waals surface area contributed by atoms with Crippen LogP contribution in [0.4, 0.5) is 0 Å². The van der Waals surface area contributed by atoms with E-state index in [9.17, 15) is 4.79 Å². The number of aliphatic hydroxyl groups is 2. The second-order valence-electron chi connectivity index (χ2n) is 8.27. The van der Waals surface area contributed by atoms with Crippen molar-refractivity contribution in [2.45, 2.75) is 129 Å². The summed E-state index contributed by atoms with van der Waals surface area (Å²) in [5.41, 5.74) is 0. The number of hydrogen-bond donors (Lipinski definition) is 2. The monoisotopic (exact) mass is 412 g/mol. The van der Waals surface area contributed by atoms with Crippen molar-refractivity contribution in [3.63, 3.8) is 0 Å². The van der Waals surface area contributed by atoms with Gasteiger partial charge in [0.25, 0.3) is 0 Å². The highest BCUT2D eigenvalue weighted by Crippen LogP contribution is 2.12. The van der Waals surface area contributed by atoms with Crippen LogP contribution >= 0.6 is 0 Å². The Labute approximate surface area is 180 Å². The molecule has 0 aromatic carbocycles. The van der Waals surface area contributed by atoms with Crippen molar-refractivity contribution >= 4 is 5.97 Å². The van der Waals surface area contributed by atoms with Gasteiger partial charge in [-0.25, -0.2) is 0 Å². The van der Waals surface area contributed by atoms with E-state index in [1.54, 1.807) is 0 Å². The van der Waals surface area contributed by atoms with E-state index in [4.69, 9.17) is 14.9 Å². The van der Waals surface area contributed by atoms with Crippen LogP contribution in [0.2, 0.25) is 0 Å². The van der Waals surface area contributed by atoms with Crippen molar-refractivity contribution in [2.24, 2.45) is 0 Å². The average molecular weight is 413 g/mol. The Morgan fingerprint density at radius 3 is 1.69 bits per heavy atom. The van der Waals surface area contributed by atoms with Crippen molar-refractivity contribution < 1.29 is 19.7 Å². The number of esters is 1. The number of rotatable bonds is 22. The van der Waals surface area contributed by atoms with Gasteiger partial charge in [0.15, 0.2) is 0 Å². The molecule has 0 bridgehead atoms. The maximum atomic E-state index is 11.4. The summed E-state index contributed by atoms with van der Waals surface area (Å²) in [7, 11) is 0. The summed E-state index contributed by atoms with van der Waals surface area (Å²) in [6, 6.07) is 0. The highest BCUT2D eigenvalue weighted by molar-refractivity contribution is 5.69. The molecule has 4 nitrogen and oxygen atoms in total. The van der Waals surface area contributed by atoms with Gasteiger partial charge >= 0.3 is 5.97 Å². The number of unbranched alkanes of at least 4 members (excludes halogenated alkanes) is 15. The molecule has 0 aromatic heterocycles. The van der Waals surface area contributed by atoms with Crippen molar-refractivity contribution in [3.05, 3.63) is 12.2 Å². The van der Waals surface area contributed by atoms with E-state index in [2.05, 4.69) is 19.1 Å².